The molecule has 1 aliphatic heterocycles. The van der Waals surface area contributed by atoms with Gasteiger partial charge in [0.05, 0.1) is 14.2 Å². The third kappa shape index (κ3) is 5.78. The highest BCUT2D eigenvalue weighted by atomic mass is 32.2. The van der Waals surface area contributed by atoms with Crippen LogP contribution in [0.4, 0.5) is 3.89 Å². The minimum absolute atomic E-state index is 0.198. The lowest BCUT2D eigenvalue weighted by Gasteiger charge is -2.35. The Morgan fingerprint density at radius 1 is 1.19 bits per heavy atom. The van der Waals surface area contributed by atoms with Crippen molar-refractivity contribution >= 4 is 12.1 Å². The molecule has 1 atom stereocenters. The molecule has 5 heteroatoms. The summed E-state index contributed by atoms with van der Waals surface area (Å²) < 4.78 is 23.4. The maximum Gasteiger partial charge on any atom is 0.161 e. The third-order valence-electron chi connectivity index (χ3n) is 5.59. The van der Waals surface area contributed by atoms with Crippen LogP contribution in [0, 0.1) is 11.3 Å². The topological polar surface area (TPSA) is 21.7 Å². The average molecular weight is 384 g/mol. The van der Waals surface area contributed by atoms with Crippen LogP contribution in [0.25, 0.3) is 0 Å². The molecule has 26 heavy (non-hydrogen) atoms. The maximum atomic E-state index is 12.5. The maximum absolute atomic E-state index is 12.5. The van der Waals surface area contributed by atoms with Crippen LogP contribution in [0.1, 0.15) is 51.2 Å². The van der Waals surface area contributed by atoms with Gasteiger partial charge in [0.2, 0.25) is 0 Å². The first-order chi connectivity index (χ1) is 12.4. The number of rotatable bonds is 10. The minimum Gasteiger partial charge on any atom is -0.493 e. The van der Waals surface area contributed by atoms with Crippen molar-refractivity contribution in [2.45, 2.75) is 53.0 Å². The van der Waals surface area contributed by atoms with E-state index in [1.807, 2.05) is 0 Å². The Morgan fingerprint density at radius 3 is 2.42 bits per heavy atom. The van der Waals surface area contributed by atoms with E-state index in [1.54, 1.807) is 14.2 Å². The van der Waals surface area contributed by atoms with Crippen LogP contribution in [-0.2, 0) is 13.0 Å². The smallest absolute Gasteiger partial charge is 0.161 e. The van der Waals surface area contributed by atoms with E-state index in [0.717, 1.165) is 50.4 Å². The predicted molar refractivity (Wildman–Crippen MR) is 109 cm³/mol. The van der Waals surface area contributed by atoms with Crippen LogP contribution in [-0.4, -0.2) is 38.0 Å². The number of hydrogen-bond donors (Lipinski definition) is 0. The van der Waals surface area contributed by atoms with E-state index in [1.165, 1.54) is 17.5 Å². The minimum atomic E-state index is 0.198. The van der Waals surface area contributed by atoms with Gasteiger partial charge in [0.15, 0.2) is 11.5 Å². The molecule has 1 unspecified atom stereocenters. The van der Waals surface area contributed by atoms with Crippen LogP contribution < -0.4 is 9.47 Å². The first kappa shape index (κ1) is 21.4. The molecule has 1 aromatic carbocycles. The Hall–Kier alpha value is -0.940. The van der Waals surface area contributed by atoms with Crippen molar-refractivity contribution in [1.29, 1.82) is 0 Å². The highest BCUT2D eigenvalue weighted by molar-refractivity contribution is 7.94. The molecular weight excluding hydrogens is 349 g/mol. The van der Waals surface area contributed by atoms with Crippen LogP contribution >= 0.6 is 12.1 Å². The van der Waals surface area contributed by atoms with Gasteiger partial charge in [-0.3, -0.25) is 4.90 Å². The molecule has 0 radical (unpaired) electrons. The molecule has 0 amide bonds. The Bertz CT molecular complexity index is 579. The fourth-order valence-corrected chi connectivity index (χ4v) is 4.63. The molecule has 148 valence electrons. The first-order valence-electron chi connectivity index (χ1n) is 9.62. The Morgan fingerprint density at radius 2 is 1.85 bits per heavy atom. The Balaban J connectivity index is 2.00. The number of benzene rings is 1. The van der Waals surface area contributed by atoms with Gasteiger partial charge in [0, 0.05) is 37.5 Å². The van der Waals surface area contributed by atoms with Crippen molar-refractivity contribution in [3.63, 3.8) is 0 Å². The van der Waals surface area contributed by atoms with Crippen molar-refractivity contribution < 1.29 is 13.4 Å². The van der Waals surface area contributed by atoms with Gasteiger partial charge in [-0.05, 0) is 53.9 Å². The molecule has 0 bridgehead atoms. The fraction of sp³-hybridized carbons (Fsp3) is 0.714. The van der Waals surface area contributed by atoms with Gasteiger partial charge in [0.1, 0.15) is 0 Å². The molecule has 0 spiro atoms. The molecule has 0 saturated carbocycles. The standard InChI is InChI=1S/C21H34FNO2S/c1-6-16(13-21(2,3)8-10-26-22)14-23-9-7-17-11-19(24-4)20(25-5)12-18(17)15-23/h11-12,16H,6-10,13-15H2,1-5H3. The van der Waals surface area contributed by atoms with E-state index < -0.39 is 0 Å². The number of halogens is 1. The van der Waals surface area contributed by atoms with Gasteiger partial charge in [-0.2, -0.15) is 3.89 Å². The van der Waals surface area contributed by atoms with E-state index in [2.05, 4.69) is 37.8 Å². The van der Waals surface area contributed by atoms with Gasteiger partial charge < -0.3 is 9.47 Å². The molecule has 0 fully saturated rings. The van der Waals surface area contributed by atoms with Crippen LogP contribution in [0.3, 0.4) is 0 Å². The Kier molecular flexibility index (Phi) is 8.08. The molecule has 0 N–H and O–H groups in total. The zero-order valence-electron chi connectivity index (χ0n) is 16.9. The molecule has 1 aromatic rings. The summed E-state index contributed by atoms with van der Waals surface area (Å²) in [6, 6.07) is 4.25. The van der Waals surface area contributed by atoms with Gasteiger partial charge in [-0.15, -0.1) is 0 Å². The van der Waals surface area contributed by atoms with Crippen LogP contribution in [0.15, 0.2) is 12.1 Å². The van der Waals surface area contributed by atoms with Gasteiger partial charge in [0.25, 0.3) is 0 Å². The second kappa shape index (κ2) is 9.84. The van der Waals surface area contributed by atoms with Crippen molar-refractivity contribution in [2.75, 3.05) is 33.1 Å². The first-order valence-corrected chi connectivity index (χ1v) is 10.5. The summed E-state index contributed by atoms with van der Waals surface area (Å²) in [6.07, 6.45) is 4.30. The summed E-state index contributed by atoms with van der Waals surface area (Å²) in [4.78, 5) is 2.56. The summed E-state index contributed by atoms with van der Waals surface area (Å²) in [7, 11) is 3.38. The lowest BCUT2D eigenvalue weighted by atomic mass is 9.79. The SMILES string of the molecule is CCC(CN1CCc2cc(OC)c(OC)cc2C1)CC(C)(C)CCSF. The number of hydrogen-bond acceptors (Lipinski definition) is 4. The number of methoxy groups -OCH3 is 2. The van der Waals surface area contributed by atoms with E-state index in [-0.39, 0.29) is 5.41 Å². The van der Waals surface area contributed by atoms with E-state index in [4.69, 9.17) is 9.47 Å². The average Bonchev–Trinajstić information content (AvgIpc) is 2.64. The fourth-order valence-electron chi connectivity index (χ4n) is 4.00. The molecule has 1 heterocycles. The molecule has 0 aliphatic carbocycles. The normalized spacial score (nSPS) is 16.2. The van der Waals surface area contributed by atoms with Crippen molar-refractivity contribution in [1.82, 2.24) is 4.90 Å². The highest BCUT2D eigenvalue weighted by Gasteiger charge is 2.26. The van der Waals surface area contributed by atoms with Crippen molar-refractivity contribution in [3.8, 4) is 11.5 Å². The van der Waals surface area contributed by atoms with Gasteiger partial charge in [-0.25, -0.2) is 0 Å². The van der Waals surface area contributed by atoms with E-state index in [9.17, 15) is 3.89 Å². The number of fused-ring (bicyclic) bond motifs is 1. The van der Waals surface area contributed by atoms with Gasteiger partial charge in [-0.1, -0.05) is 27.2 Å². The van der Waals surface area contributed by atoms with Crippen molar-refractivity contribution in [2.24, 2.45) is 11.3 Å². The lowest BCUT2D eigenvalue weighted by Crippen LogP contribution is -2.36. The zero-order valence-corrected chi connectivity index (χ0v) is 17.8. The second-order valence-electron chi connectivity index (χ2n) is 8.17. The highest BCUT2D eigenvalue weighted by Crippen LogP contribution is 2.35. The largest absolute Gasteiger partial charge is 0.493 e. The van der Waals surface area contributed by atoms with E-state index in [0.29, 0.717) is 23.8 Å². The lowest BCUT2D eigenvalue weighted by molar-refractivity contribution is 0.166. The summed E-state index contributed by atoms with van der Waals surface area (Å²) >= 11 is 0.465. The monoisotopic (exact) mass is 383 g/mol. The van der Waals surface area contributed by atoms with E-state index >= 15 is 0 Å². The van der Waals surface area contributed by atoms with Gasteiger partial charge >= 0.3 is 0 Å². The Labute approximate surface area is 162 Å². The summed E-state index contributed by atoms with van der Waals surface area (Å²) in [5.74, 6) is 2.88. The molecular formula is C21H34FNO2S. The molecule has 3 nitrogen and oxygen atoms in total. The third-order valence-corrected chi connectivity index (χ3v) is 5.95. The summed E-state index contributed by atoms with van der Waals surface area (Å²) in [5, 5.41) is 0. The van der Waals surface area contributed by atoms with Crippen LogP contribution in [0.5, 0.6) is 11.5 Å². The second-order valence-corrected chi connectivity index (χ2v) is 8.79. The predicted octanol–water partition coefficient (Wildman–Crippen LogP) is 5.51. The quantitative estimate of drug-likeness (QED) is 0.531. The molecule has 0 saturated heterocycles. The number of nitrogens with zero attached hydrogens (tertiary/aromatic N) is 1. The van der Waals surface area contributed by atoms with Crippen LogP contribution in [0.2, 0.25) is 0 Å². The summed E-state index contributed by atoms with van der Waals surface area (Å²) in [5.41, 5.74) is 2.91. The molecule has 1 aliphatic rings. The number of ether oxygens (including phenoxy) is 2. The molecule has 0 aromatic heterocycles. The van der Waals surface area contributed by atoms with Crippen molar-refractivity contribution in [3.05, 3.63) is 23.3 Å². The summed E-state index contributed by atoms with van der Waals surface area (Å²) in [6.45, 7) is 9.97. The zero-order chi connectivity index (χ0) is 19.2. The molecule has 2 rings (SSSR count).